The van der Waals surface area contributed by atoms with Gasteiger partial charge in [0.05, 0.1) is 16.8 Å². The van der Waals surface area contributed by atoms with Crippen molar-refractivity contribution in [3.05, 3.63) is 96.8 Å². The number of thiazole rings is 1. The van der Waals surface area contributed by atoms with Crippen LogP contribution in [0.15, 0.2) is 81.5 Å². The molecule has 1 aliphatic carbocycles. The maximum Gasteiger partial charge on any atom is 0.294 e. The van der Waals surface area contributed by atoms with Crippen LogP contribution in [0.5, 0.6) is 0 Å². The van der Waals surface area contributed by atoms with Crippen LogP contribution in [0, 0.1) is 10.1 Å². The molecular formula is C26H24N4O2S2. The molecule has 0 amide bonds. The van der Waals surface area contributed by atoms with E-state index in [2.05, 4.69) is 29.3 Å². The molecule has 1 saturated carbocycles. The van der Waals surface area contributed by atoms with E-state index in [1.54, 1.807) is 40.4 Å². The quantitative estimate of drug-likeness (QED) is 0.162. The Morgan fingerprint density at radius 1 is 0.971 bits per heavy atom. The average Bonchev–Trinajstić information content (AvgIpc) is 3.54. The molecule has 2 aromatic carbocycles. The smallest absolute Gasteiger partial charge is 0.258 e. The molecule has 0 N–H and O–H groups in total. The number of nitro groups is 1. The van der Waals surface area contributed by atoms with Gasteiger partial charge in [-0.2, -0.15) is 5.10 Å². The predicted molar refractivity (Wildman–Crippen MR) is 139 cm³/mol. The molecule has 1 aliphatic rings. The van der Waals surface area contributed by atoms with Crippen LogP contribution in [0.4, 0.5) is 11.4 Å². The summed E-state index contributed by atoms with van der Waals surface area (Å²) in [5.41, 5.74) is 3.64. The predicted octanol–water partition coefficient (Wildman–Crippen LogP) is 7.35. The SMILES string of the molecule is O=[N+]([O-])c1ccccc1N=c1scc(-c2ccc(C3CCCCC3)cc2)n1N=Cc1cccs1. The lowest BCUT2D eigenvalue weighted by Gasteiger charge is -2.22. The molecule has 1 fully saturated rings. The van der Waals surface area contributed by atoms with Crippen molar-refractivity contribution < 1.29 is 4.92 Å². The summed E-state index contributed by atoms with van der Waals surface area (Å²) in [5.74, 6) is 0.651. The van der Waals surface area contributed by atoms with E-state index in [0.717, 1.165) is 16.1 Å². The Bertz CT molecular complexity index is 1360. The number of hydrogen-bond donors (Lipinski definition) is 0. The van der Waals surface area contributed by atoms with Crippen molar-refractivity contribution in [2.75, 3.05) is 0 Å². The zero-order valence-electron chi connectivity index (χ0n) is 18.5. The lowest BCUT2D eigenvalue weighted by atomic mass is 9.84. The van der Waals surface area contributed by atoms with Gasteiger partial charge in [-0.25, -0.2) is 9.67 Å². The number of para-hydroxylation sites is 2. The van der Waals surface area contributed by atoms with E-state index in [0.29, 0.717) is 16.4 Å². The van der Waals surface area contributed by atoms with Crippen molar-refractivity contribution in [2.45, 2.75) is 38.0 Å². The fourth-order valence-electron chi connectivity index (χ4n) is 4.34. The normalized spacial score (nSPS) is 15.2. The molecule has 0 aliphatic heterocycles. The van der Waals surface area contributed by atoms with Crippen LogP contribution in [0.25, 0.3) is 11.3 Å². The molecule has 4 aromatic rings. The van der Waals surface area contributed by atoms with Crippen LogP contribution in [-0.4, -0.2) is 15.8 Å². The Kier molecular flexibility index (Phi) is 6.78. The van der Waals surface area contributed by atoms with Crippen LogP contribution in [0.1, 0.15) is 48.5 Å². The highest BCUT2D eigenvalue weighted by molar-refractivity contribution is 7.11. The van der Waals surface area contributed by atoms with Gasteiger partial charge >= 0.3 is 0 Å². The van der Waals surface area contributed by atoms with Gasteiger partial charge in [0, 0.05) is 21.9 Å². The number of hydrogen-bond acceptors (Lipinski definition) is 6. The van der Waals surface area contributed by atoms with Gasteiger partial charge in [0.2, 0.25) is 4.80 Å². The molecule has 6 nitrogen and oxygen atoms in total. The Morgan fingerprint density at radius 2 is 1.76 bits per heavy atom. The van der Waals surface area contributed by atoms with Crippen LogP contribution < -0.4 is 4.80 Å². The second kappa shape index (κ2) is 10.3. The molecule has 8 heteroatoms. The number of aromatic nitrogens is 1. The van der Waals surface area contributed by atoms with Gasteiger partial charge in [-0.15, -0.1) is 22.7 Å². The zero-order valence-corrected chi connectivity index (χ0v) is 20.2. The van der Waals surface area contributed by atoms with Gasteiger partial charge in [-0.3, -0.25) is 10.1 Å². The maximum absolute atomic E-state index is 11.5. The maximum atomic E-state index is 11.5. The molecule has 0 unspecified atom stereocenters. The van der Waals surface area contributed by atoms with Gasteiger partial charge < -0.3 is 0 Å². The average molecular weight is 489 g/mol. The Morgan fingerprint density at radius 3 is 2.50 bits per heavy atom. The molecule has 0 spiro atoms. The topological polar surface area (TPSA) is 72.8 Å². The first-order valence-corrected chi connectivity index (χ1v) is 13.1. The number of benzene rings is 2. The van der Waals surface area contributed by atoms with Gasteiger partial charge in [-0.1, -0.05) is 61.7 Å². The van der Waals surface area contributed by atoms with Crippen LogP contribution in [0.3, 0.4) is 0 Å². The second-order valence-electron chi connectivity index (χ2n) is 8.29. The molecule has 0 atom stereocenters. The molecule has 2 heterocycles. The third-order valence-electron chi connectivity index (χ3n) is 6.11. The summed E-state index contributed by atoms with van der Waals surface area (Å²) in [7, 11) is 0. The van der Waals surface area contributed by atoms with Gasteiger partial charge in [-0.05, 0) is 41.8 Å². The summed E-state index contributed by atoms with van der Waals surface area (Å²) in [5, 5.41) is 20.2. The van der Waals surface area contributed by atoms with Gasteiger partial charge in [0.25, 0.3) is 5.69 Å². The summed E-state index contributed by atoms with van der Waals surface area (Å²) in [6.45, 7) is 0. The van der Waals surface area contributed by atoms with E-state index in [1.807, 2.05) is 22.9 Å². The van der Waals surface area contributed by atoms with Crippen molar-refractivity contribution >= 4 is 40.3 Å². The lowest BCUT2D eigenvalue weighted by Crippen LogP contribution is -2.11. The molecule has 0 radical (unpaired) electrons. The van der Waals surface area contributed by atoms with Crippen molar-refractivity contribution in [2.24, 2.45) is 10.1 Å². The van der Waals surface area contributed by atoms with Crippen molar-refractivity contribution in [3.8, 4) is 11.3 Å². The summed E-state index contributed by atoms with van der Waals surface area (Å²) in [6, 6.07) is 19.3. The molecule has 2 aromatic heterocycles. The second-order valence-corrected chi connectivity index (χ2v) is 10.1. The first kappa shape index (κ1) is 22.4. The zero-order chi connectivity index (χ0) is 23.3. The summed E-state index contributed by atoms with van der Waals surface area (Å²) < 4.78 is 1.77. The Labute approximate surface area is 205 Å². The summed E-state index contributed by atoms with van der Waals surface area (Å²) in [4.78, 5) is 17.3. The minimum absolute atomic E-state index is 0.0249. The molecule has 172 valence electrons. The van der Waals surface area contributed by atoms with E-state index in [9.17, 15) is 10.1 Å². The monoisotopic (exact) mass is 488 g/mol. The van der Waals surface area contributed by atoms with Crippen LogP contribution in [-0.2, 0) is 0 Å². The van der Waals surface area contributed by atoms with E-state index >= 15 is 0 Å². The summed E-state index contributed by atoms with van der Waals surface area (Å²) >= 11 is 3.02. The standard InChI is InChI=1S/C26H24N4O2S2/c31-30(32)24-11-5-4-10-23(24)28-26-29(27-17-22-9-6-16-33-22)25(18-34-26)21-14-12-20(13-15-21)19-7-2-1-3-8-19/h4-6,9-19H,1-3,7-8H2. The Hall–Kier alpha value is -3.36. The first-order valence-electron chi connectivity index (χ1n) is 11.4. The first-order chi connectivity index (χ1) is 16.7. The fraction of sp³-hybridized carbons (Fsp3) is 0.231. The molecular weight excluding hydrogens is 464 g/mol. The minimum atomic E-state index is -0.406. The van der Waals surface area contributed by atoms with E-state index in [-0.39, 0.29) is 5.69 Å². The number of nitrogens with zero attached hydrogens (tertiary/aromatic N) is 4. The minimum Gasteiger partial charge on any atom is -0.258 e. The van der Waals surface area contributed by atoms with Gasteiger partial charge in [0.15, 0.2) is 0 Å². The van der Waals surface area contributed by atoms with Crippen molar-refractivity contribution in [1.82, 2.24) is 4.68 Å². The highest BCUT2D eigenvalue weighted by Crippen LogP contribution is 2.34. The fourth-order valence-corrected chi connectivity index (χ4v) is 5.77. The largest absolute Gasteiger partial charge is 0.294 e. The number of nitro benzene ring substituents is 1. The highest BCUT2D eigenvalue weighted by atomic mass is 32.1. The van der Waals surface area contributed by atoms with Crippen molar-refractivity contribution in [3.63, 3.8) is 0 Å². The molecule has 0 saturated heterocycles. The highest BCUT2D eigenvalue weighted by Gasteiger charge is 2.17. The molecule has 0 bridgehead atoms. The number of rotatable bonds is 6. The van der Waals surface area contributed by atoms with E-state index in [4.69, 9.17) is 5.10 Å². The number of thiophene rings is 1. The van der Waals surface area contributed by atoms with Crippen molar-refractivity contribution in [1.29, 1.82) is 0 Å². The van der Waals surface area contributed by atoms with E-state index in [1.165, 1.54) is 55.1 Å². The Balaban J connectivity index is 1.57. The molecule has 34 heavy (non-hydrogen) atoms. The van der Waals surface area contributed by atoms with E-state index < -0.39 is 4.92 Å². The lowest BCUT2D eigenvalue weighted by molar-refractivity contribution is -0.384. The summed E-state index contributed by atoms with van der Waals surface area (Å²) in [6.07, 6.45) is 8.30. The third kappa shape index (κ3) is 4.93. The van der Waals surface area contributed by atoms with Crippen LogP contribution >= 0.6 is 22.7 Å². The van der Waals surface area contributed by atoms with Gasteiger partial charge in [0.1, 0.15) is 5.69 Å². The molecule has 5 rings (SSSR count). The van der Waals surface area contributed by atoms with Crippen LogP contribution in [0.2, 0.25) is 0 Å². The third-order valence-corrected chi connectivity index (χ3v) is 7.73.